The van der Waals surface area contributed by atoms with Crippen molar-refractivity contribution in [2.24, 2.45) is 0 Å². The van der Waals surface area contributed by atoms with Gasteiger partial charge in [-0.3, -0.25) is 4.79 Å². The number of ether oxygens (including phenoxy) is 3. The summed E-state index contributed by atoms with van der Waals surface area (Å²) in [6, 6.07) is 7.82. The molecule has 1 aromatic carbocycles. The molecule has 0 aliphatic heterocycles. The van der Waals surface area contributed by atoms with Gasteiger partial charge in [0.25, 0.3) is 0 Å². The SMILES string of the molecule is CCOC(=O)CC[C@@H](O)[C@H](O)C#C[C@@H](CCCCOCc1ccc(OC)cc1)O[Si](C)(C)C(C)(C)C. The van der Waals surface area contributed by atoms with Gasteiger partial charge in [-0.2, -0.15) is 0 Å². The highest BCUT2D eigenvalue weighted by Gasteiger charge is 2.38. The van der Waals surface area contributed by atoms with Crippen molar-refractivity contribution >= 4 is 14.3 Å². The van der Waals surface area contributed by atoms with Crippen molar-refractivity contribution in [1.82, 2.24) is 0 Å². The molecule has 0 spiro atoms. The predicted molar refractivity (Wildman–Crippen MR) is 144 cm³/mol. The van der Waals surface area contributed by atoms with E-state index in [1.807, 2.05) is 24.3 Å². The first-order valence-corrected chi connectivity index (χ1v) is 15.7. The van der Waals surface area contributed by atoms with E-state index < -0.39 is 26.5 Å². The number of hydrogen-bond acceptors (Lipinski definition) is 7. The van der Waals surface area contributed by atoms with E-state index in [-0.39, 0.29) is 30.6 Å². The van der Waals surface area contributed by atoms with E-state index >= 15 is 0 Å². The molecule has 0 aliphatic rings. The summed E-state index contributed by atoms with van der Waals surface area (Å²) in [4.78, 5) is 11.5. The maximum Gasteiger partial charge on any atom is 0.305 e. The second-order valence-electron chi connectivity index (χ2n) is 10.4. The number of carbonyl (C=O) groups excluding carboxylic acids is 1. The summed E-state index contributed by atoms with van der Waals surface area (Å²) in [5, 5.41) is 20.5. The Morgan fingerprint density at radius 2 is 1.72 bits per heavy atom. The Balaban J connectivity index is 2.62. The zero-order valence-corrected chi connectivity index (χ0v) is 24.1. The fraction of sp³-hybridized carbons (Fsp3) is 0.679. The number of rotatable bonds is 15. The largest absolute Gasteiger partial charge is 0.497 e. The van der Waals surface area contributed by atoms with Gasteiger partial charge in [0.15, 0.2) is 8.32 Å². The molecule has 8 heteroatoms. The van der Waals surface area contributed by atoms with Gasteiger partial charge < -0.3 is 28.8 Å². The molecule has 1 aromatic rings. The number of unbranched alkanes of at least 4 members (excludes halogenated alkanes) is 1. The van der Waals surface area contributed by atoms with E-state index in [4.69, 9.17) is 18.6 Å². The Kier molecular flexibility index (Phi) is 14.3. The van der Waals surface area contributed by atoms with Crippen LogP contribution in [0, 0.1) is 11.8 Å². The van der Waals surface area contributed by atoms with Crippen LogP contribution in [0.2, 0.25) is 18.1 Å². The Labute approximate surface area is 218 Å². The summed E-state index contributed by atoms with van der Waals surface area (Å²) in [5.41, 5.74) is 1.09. The van der Waals surface area contributed by atoms with Gasteiger partial charge in [-0.1, -0.05) is 44.7 Å². The molecule has 0 amide bonds. The summed E-state index contributed by atoms with van der Waals surface area (Å²) in [7, 11) is -0.437. The first-order valence-electron chi connectivity index (χ1n) is 12.8. The zero-order chi connectivity index (χ0) is 27.2. The topological polar surface area (TPSA) is 94.5 Å². The second-order valence-corrected chi connectivity index (χ2v) is 15.2. The lowest BCUT2D eigenvalue weighted by Gasteiger charge is -2.38. The lowest BCUT2D eigenvalue weighted by molar-refractivity contribution is -0.144. The van der Waals surface area contributed by atoms with Crippen LogP contribution in [0.4, 0.5) is 0 Å². The number of carbonyl (C=O) groups is 1. The second kappa shape index (κ2) is 16.1. The van der Waals surface area contributed by atoms with Crippen molar-refractivity contribution in [3.8, 4) is 17.6 Å². The lowest BCUT2D eigenvalue weighted by Crippen LogP contribution is -2.43. The van der Waals surface area contributed by atoms with Gasteiger partial charge in [-0.05, 0) is 68.4 Å². The minimum Gasteiger partial charge on any atom is -0.497 e. The molecule has 0 heterocycles. The van der Waals surface area contributed by atoms with Crippen LogP contribution in [-0.2, 0) is 25.3 Å². The van der Waals surface area contributed by atoms with Crippen LogP contribution in [0.25, 0.3) is 0 Å². The molecule has 0 bridgehead atoms. The Morgan fingerprint density at radius 3 is 2.31 bits per heavy atom. The van der Waals surface area contributed by atoms with Gasteiger partial charge in [0.1, 0.15) is 18.0 Å². The van der Waals surface area contributed by atoms with Crippen molar-refractivity contribution < 1.29 is 33.6 Å². The molecule has 0 saturated carbocycles. The van der Waals surface area contributed by atoms with Crippen LogP contribution in [0.1, 0.15) is 65.4 Å². The summed E-state index contributed by atoms with van der Waals surface area (Å²) in [6.45, 7) is 14.0. The molecule has 1 rings (SSSR count). The van der Waals surface area contributed by atoms with E-state index in [9.17, 15) is 15.0 Å². The number of aliphatic hydroxyl groups excluding tert-OH is 2. The molecular formula is C28H46O7Si. The maximum absolute atomic E-state index is 11.5. The van der Waals surface area contributed by atoms with Crippen molar-refractivity contribution in [2.45, 2.75) is 103 Å². The van der Waals surface area contributed by atoms with Gasteiger partial charge in [0.05, 0.1) is 26.4 Å². The van der Waals surface area contributed by atoms with Crippen molar-refractivity contribution in [2.75, 3.05) is 20.3 Å². The Bertz CT molecular complexity index is 821. The number of esters is 1. The molecule has 0 aromatic heterocycles. The zero-order valence-electron chi connectivity index (χ0n) is 23.1. The molecule has 204 valence electrons. The quantitative estimate of drug-likeness (QED) is 0.147. The molecule has 0 aliphatic carbocycles. The van der Waals surface area contributed by atoms with Crippen LogP contribution in [0.3, 0.4) is 0 Å². The molecule has 3 atom stereocenters. The number of aliphatic hydroxyl groups is 2. The van der Waals surface area contributed by atoms with Crippen LogP contribution in [-0.4, -0.2) is 63.1 Å². The van der Waals surface area contributed by atoms with Gasteiger partial charge >= 0.3 is 5.97 Å². The van der Waals surface area contributed by atoms with Gasteiger partial charge in [-0.15, -0.1) is 0 Å². The van der Waals surface area contributed by atoms with Gasteiger partial charge in [-0.25, -0.2) is 0 Å². The average Bonchev–Trinajstić information content (AvgIpc) is 2.82. The van der Waals surface area contributed by atoms with E-state index in [1.165, 1.54) is 0 Å². The summed E-state index contributed by atoms with van der Waals surface area (Å²) in [6.07, 6.45) is -0.170. The van der Waals surface area contributed by atoms with Gasteiger partial charge in [0.2, 0.25) is 0 Å². The fourth-order valence-corrected chi connectivity index (χ4v) is 4.31. The molecule has 0 unspecified atom stereocenters. The van der Waals surface area contributed by atoms with E-state index in [0.29, 0.717) is 19.6 Å². The van der Waals surface area contributed by atoms with Crippen LogP contribution < -0.4 is 4.74 Å². The molecule has 36 heavy (non-hydrogen) atoms. The third-order valence-electron chi connectivity index (χ3n) is 6.38. The normalized spacial score (nSPS) is 14.4. The highest BCUT2D eigenvalue weighted by Crippen LogP contribution is 2.37. The van der Waals surface area contributed by atoms with E-state index in [2.05, 4.69) is 45.7 Å². The smallest absolute Gasteiger partial charge is 0.305 e. The molecule has 0 fully saturated rings. The average molecular weight is 523 g/mol. The van der Waals surface area contributed by atoms with Crippen LogP contribution in [0.5, 0.6) is 5.75 Å². The molecule has 0 radical (unpaired) electrons. The van der Waals surface area contributed by atoms with Gasteiger partial charge in [0, 0.05) is 13.0 Å². The van der Waals surface area contributed by atoms with Crippen LogP contribution in [0.15, 0.2) is 24.3 Å². The Morgan fingerprint density at radius 1 is 1.06 bits per heavy atom. The third-order valence-corrected chi connectivity index (χ3v) is 10.9. The minimum atomic E-state index is -2.08. The monoisotopic (exact) mass is 522 g/mol. The highest BCUT2D eigenvalue weighted by atomic mass is 28.4. The first-order chi connectivity index (χ1) is 16.9. The van der Waals surface area contributed by atoms with Crippen molar-refractivity contribution in [3.63, 3.8) is 0 Å². The van der Waals surface area contributed by atoms with Crippen molar-refractivity contribution in [3.05, 3.63) is 29.8 Å². The standard InChI is InChI=1S/C28H46O7Si/c1-8-34-27(31)19-18-26(30)25(29)17-16-24(35-36(6,7)28(2,3)4)11-9-10-20-33-21-22-12-14-23(32-5)15-13-22/h12-15,24-26,29-30H,8-11,18-21H2,1-7H3/t24-,25-,26-/m1/s1. The summed E-state index contributed by atoms with van der Waals surface area (Å²) < 4.78 is 22.3. The molecular weight excluding hydrogens is 476 g/mol. The molecule has 2 N–H and O–H groups in total. The predicted octanol–water partition coefficient (Wildman–Crippen LogP) is 4.84. The van der Waals surface area contributed by atoms with E-state index in [0.717, 1.165) is 24.2 Å². The van der Waals surface area contributed by atoms with Crippen LogP contribution >= 0.6 is 0 Å². The number of hydrogen-bond donors (Lipinski definition) is 2. The number of methoxy groups -OCH3 is 1. The minimum absolute atomic E-state index is 0.0200. The summed E-state index contributed by atoms with van der Waals surface area (Å²) in [5.74, 6) is 6.23. The van der Waals surface area contributed by atoms with E-state index in [1.54, 1.807) is 14.0 Å². The summed E-state index contributed by atoms with van der Waals surface area (Å²) >= 11 is 0. The van der Waals surface area contributed by atoms with Crippen molar-refractivity contribution in [1.29, 1.82) is 0 Å². The fourth-order valence-electron chi connectivity index (χ4n) is 3.07. The Hall–Kier alpha value is -1.89. The third kappa shape index (κ3) is 12.4. The molecule has 7 nitrogen and oxygen atoms in total. The molecule has 0 saturated heterocycles. The lowest BCUT2D eigenvalue weighted by atomic mass is 10.1. The number of benzene rings is 1. The highest BCUT2D eigenvalue weighted by molar-refractivity contribution is 6.74. The maximum atomic E-state index is 11.5. The first kappa shape index (κ1) is 32.1.